The number of fused-ring (bicyclic) bond motifs is 2. The van der Waals surface area contributed by atoms with Crippen molar-refractivity contribution in [3.8, 4) is 0 Å². The fourth-order valence-corrected chi connectivity index (χ4v) is 3.63. The molecule has 0 amide bonds. The largest absolute Gasteiger partial charge is 0.390 e. The molecule has 0 spiro atoms. The van der Waals surface area contributed by atoms with E-state index in [0.29, 0.717) is 12.2 Å². The third-order valence-electron chi connectivity index (χ3n) is 4.66. The van der Waals surface area contributed by atoms with Gasteiger partial charge in [-0.2, -0.15) is 0 Å². The molecule has 2 nitrogen and oxygen atoms in total. The molecular weight excluding hydrogens is 224 g/mol. The molecule has 2 heterocycles. The van der Waals surface area contributed by atoms with Gasteiger partial charge in [-0.05, 0) is 19.3 Å². The van der Waals surface area contributed by atoms with E-state index in [-0.39, 0.29) is 0 Å². The highest BCUT2D eigenvalue weighted by molar-refractivity contribution is 4.94. The van der Waals surface area contributed by atoms with E-state index in [1.165, 1.54) is 57.8 Å². The van der Waals surface area contributed by atoms with E-state index < -0.39 is 5.60 Å². The Kier molecular flexibility index (Phi) is 5.50. The monoisotopic (exact) mass is 254 g/mol. The van der Waals surface area contributed by atoms with Crippen LogP contribution in [0.25, 0.3) is 0 Å². The third kappa shape index (κ3) is 4.24. The maximum absolute atomic E-state index is 10.6. The van der Waals surface area contributed by atoms with Crippen LogP contribution in [0.2, 0.25) is 0 Å². The molecule has 0 aromatic carbocycles. The SMILES string of the molecule is CCCCCCCCCC1(O)CC2CCC(C1)O2. The highest BCUT2D eigenvalue weighted by Gasteiger charge is 2.42. The summed E-state index contributed by atoms with van der Waals surface area (Å²) in [6, 6.07) is 0. The Morgan fingerprint density at radius 3 is 2.11 bits per heavy atom. The average molecular weight is 254 g/mol. The van der Waals surface area contributed by atoms with E-state index >= 15 is 0 Å². The minimum absolute atomic E-state index is 0.360. The topological polar surface area (TPSA) is 29.5 Å². The Morgan fingerprint density at radius 1 is 0.944 bits per heavy atom. The summed E-state index contributed by atoms with van der Waals surface area (Å²) in [5, 5.41) is 10.6. The van der Waals surface area contributed by atoms with Crippen LogP contribution >= 0.6 is 0 Å². The van der Waals surface area contributed by atoms with E-state index in [4.69, 9.17) is 4.74 Å². The zero-order chi connectivity index (χ0) is 12.8. The lowest BCUT2D eigenvalue weighted by atomic mass is 9.85. The number of hydrogen-bond donors (Lipinski definition) is 1. The fourth-order valence-electron chi connectivity index (χ4n) is 3.63. The molecule has 106 valence electrons. The number of unbranched alkanes of at least 4 members (excludes halogenated alkanes) is 6. The Balaban J connectivity index is 1.56. The zero-order valence-electron chi connectivity index (χ0n) is 12.0. The zero-order valence-corrected chi connectivity index (χ0v) is 12.0. The van der Waals surface area contributed by atoms with E-state index in [1.54, 1.807) is 0 Å². The lowest BCUT2D eigenvalue weighted by molar-refractivity contribution is -0.115. The summed E-state index contributed by atoms with van der Waals surface area (Å²) >= 11 is 0. The van der Waals surface area contributed by atoms with Gasteiger partial charge >= 0.3 is 0 Å². The fraction of sp³-hybridized carbons (Fsp3) is 1.00. The van der Waals surface area contributed by atoms with Gasteiger partial charge in [0.25, 0.3) is 0 Å². The van der Waals surface area contributed by atoms with Crippen LogP contribution in [-0.4, -0.2) is 22.9 Å². The van der Waals surface area contributed by atoms with E-state index in [2.05, 4.69) is 6.92 Å². The molecule has 2 aliphatic rings. The summed E-state index contributed by atoms with van der Waals surface area (Å²) < 4.78 is 5.80. The molecule has 1 N–H and O–H groups in total. The first-order valence-corrected chi connectivity index (χ1v) is 8.10. The normalized spacial score (nSPS) is 35.0. The van der Waals surface area contributed by atoms with Crippen molar-refractivity contribution < 1.29 is 9.84 Å². The third-order valence-corrected chi connectivity index (χ3v) is 4.66. The molecule has 2 bridgehead atoms. The number of rotatable bonds is 8. The van der Waals surface area contributed by atoms with Crippen molar-refractivity contribution in [3.05, 3.63) is 0 Å². The lowest BCUT2D eigenvalue weighted by Crippen LogP contribution is -2.40. The van der Waals surface area contributed by atoms with Gasteiger partial charge in [-0.1, -0.05) is 51.9 Å². The lowest BCUT2D eigenvalue weighted by Gasteiger charge is -2.36. The molecule has 0 radical (unpaired) electrons. The predicted molar refractivity (Wildman–Crippen MR) is 74.7 cm³/mol. The van der Waals surface area contributed by atoms with Gasteiger partial charge in [0.05, 0.1) is 17.8 Å². The number of aliphatic hydroxyl groups is 1. The summed E-state index contributed by atoms with van der Waals surface area (Å²) in [6.07, 6.45) is 15.1. The van der Waals surface area contributed by atoms with Crippen LogP contribution < -0.4 is 0 Å². The van der Waals surface area contributed by atoms with Crippen LogP contribution in [0.5, 0.6) is 0 Å². The molecule has 2 heteroatoms. The molecular formula is C16H30O2. The van der Waals surface area contributed by atoms with Gasteiger partial charge in [0, 0.05) is 12.8 Å². The van der Waals surface area contributed by atoms with Crippen molar-refractivity contribution >= 4 is 0 Å². The first-order chi connectivity index (χ1) is 8.72. The average Bonchev–Trinajstić information content (AvgIpc) is 2.68. The predicted octanol–water partition coefficient (Wildman–Crippen LogP) is 4.20. The van der Waals surface area contributed by atoms with Crippen molar-refractivity contribution in [2.45, 2.75) is 102 Å². The molecule has 0 aromatic rings. The summed E-state index contributed by atoms with van der Waals surface area (Å²) in [7, 11) is 0. The van der Waals surface area contributed by atoms with Gasteiger partial charge in [0.2, 0.25) is 0 Å². The van der Waals surface area contributed by atoms with Crippen LogP contribution in [0, 0.1) is 0 Å². The van der Waals surface area contributed by atoms with E-state index in [1.807, 2.05) is 0 Å². The molecule has 18 heavy (non-hydrogen) atoms. The standard InChI is InChI=1S/C16H30O2/c1-2-3-4-5-6-7-8-11-16(17)12-14-9-10-15(13-16)18-14/h14-15,17H,2-13H2,1H3. The van der Waals surface area contributed by atoms with Gasteiger partial charge in [-0.15, -0.1) is 0 Å². The summed E-state index contributed by atoms with van der Waals surface area (Å²) in [6.45, 7) is 2.26. The smallest absolute Gasteiger partial charge is 0.0697 e. The number of ether oxygens (including phenoxy) is 1. The molecule has 0 saturated carbocycles. The number of hydrogen-bond acceptors (Lipinski definition) is 2. The highest BCUT2D eigenvalue weighted by Crippen LogP contribution is 2.40. The molecule has 2 fully saturated rings. The van der Waals surface area contributed by atoms with Gasteiger partial charge in [0.1, 0.15) is 0 Å². The van der Waals surface area contributed by atoms with Gasteiger partial charge in [-0.25, -0.2) is 0 Å². The molecule has 2 atom stereocenters. The van der Waals surface area contributed by atoms with Gasteiger partial charge in [-0.3, -0.25) is 0 Å². The van der Waals surface area contributed by atoms with Gasteiger partial charge < -0.3 is 9.84 Å². The molecule has 2 saturated heterocycles. The maximum atomic E-state index is 10.6. The molecule has 0 aliphatic carbocycles. The summed E-state index contributed by atoms with van der Waals surface area (Å²) in [5.74, 6) is 0. The van der Waals surface area contributed by atoms with Crippen molar-refractivity contribution in [1.29, 1.82) is 0 Å². The second kappa shape index (κ2) is 6.91. The molecule has 0 aromatic heterocycles. The minimum Gasteiger partial charge on any atom is -0.390 e. The van der Waals surface area contributed by atoms with Crippen molar-refractivity contribution in [2.75, 3.05) is 0 Å². The van der Waals surface area contributed by atoms with Crippen molar-refractivity contribution in [2.24, 2.45) is 0 Å². The second-order valence-electron chi connectivity index (χ2n) is 6.46. The summed E-state index contributed by atoms with van der Waals surface area (Å²) in [4.78, 5) is 0. The Morgan fingerprint density at radius 2 is 1.50 bits per heavy atom. The Bertz CT molecular complexity index is 227. The molecule has 2 rings (SSSR count). The van der Waals surface area contributed by atoms with Crippen LogP contribution in [0.3, 0.4) is 0 Å². The van der Waals surface area contributed by atoms with Crippen molar-refractivity contribution in [3.63, 3.8) is 0 Å². The summed E-state index contributed by atoms with van der Waals surface area (Å²) in [5.41, 5.74) is -0.395. The first kappa shape index (κ1) is 14.3. The second-order valence-corrected chi connectivity index (χ2v) is 6.46. The van der Waals surface area contributed by atoms with Crippen LogP contribution in [-0.2, 0) is 4.74 Å². The maximum Gasteiger partial charge on any atom is 0.0697 e. The van der Waals surface area contributed by atoms with E-state index in [0.717, 1.165) is 19.3 Å². The molecule has 2 aliphatic heterocycles. The quantitative estimate of drug-likeness (QED) is 0.658. The van der Waals surface area contributed by atoms with Crippen molar-refractivity contribution in [1.82, 2.24) is 0 Å². The first-order valence-electron chi connectivity index (χ1n) is 8.10. The highest BCUT2D eigenvalue weighted by atomic mass is 16.5. The van der Waals surface area contributed by atoms with Gasteiger partial charge in [0.15, 0.2) is 0 Å². The Hall–Kier alpha value is -0.0800. The van der Waals surface area contributed by atoms with Crippen LogP contribution in [0.4, 0.5) is 0 Å². The van der Waals surface area contributed by atoms with Crippen LogP contribution in [0.15, 0.2) is 0 Å². The van der Waals surface area contributed by atoms with Crippen LogP contribution in [0.1, 0.15) is 84.0 Å². The minimum atomic E-state index is -0.395. The molecule has 2 unspecified atom stereocenters. The van der Waals surface area contributed by atoms with E-state index in [9.17, 15) is 5.11 Å². The Labute approximate surface area is 112 Å².